The van der Waals surface area contributed by atoms with Crippen LogP contribution in [-0.2, 0) is 10.0 Å². The summed E-state index contributed by atoms with van der Waals surface area (Å²) in [5.41, 5.74) is 1.80. The molecule has 1 aliphatic heterocycles. The van der Waals surface area contributed by atoms with Crippen LogP contribution in [0, 0.1) is 6.92 Å². The van der Waals surface area contributed by atoms with E-state index in [-0.39, 0.29) is 5.37 Å². The van der Waals surface area contributed by atoms with Gasteiger partial charge in [0.15, 0.2) is 0 Å². The molecule has 4 nitrogen and oxygen atoms in total. The van der Waals surface area contributed by atoms with E-state index < -0.39 is 10.0 Å². The Hall–Kier alpha value is -1.02. The summed E-state index contributed by atoms with van der Waals surface area (Å²) >= 11 is 5.08. The second kappa shape index (κ2) is 7.07. The largest absolute Gasteiger partial charge is 0.496 e. The summed E-state index contributed by atoms with van der Waals surface area (Å²) in [6.07, 6.45) is 0. The van der Waals surface area contributed by atoms with Crippen LogP contribution in [-0.4, -0.2) is 32.1 Å². The number of thioether (sulfide) groups is 1. The fourth-order valence-electron chi connectivity index (χ4n) is 2.76. The van der Waals surface area contributed by atoms with Crippen molar-refractivity contribution in [1.82, 2.24) is 4.31 Å². The lowest BCUT2D eigenvalue weighted by Gasteiger charge is -2.25. The molecule has 1 unspecified atom stereocenters. The van der Waals surface area contributed by atoms with Gasteiger partial charge in [0.05, 0.1) is 17.4 Å². The van der Waals surface area contributed by atoms with Gasteiger partial charge in [0.2, 0.25) is 10.0 Å². The van der Waals surface area contributed by atoms with Gasteiger partial charge in [-0.15, -0.1) is 11.8 Å². The minimum atomic E-state index is -3.55. The third kappa shape index (κ3) is 3.35. The van der Waals surface area contributed by atoms with Crippen LogP contribution in [0.4, 0.5) is 0 Å². The van der Waals surface area contributed by atoms with Crippen molar-refractivity contribution in [3.63, 3.8) is 0 Å². The normalized spacial score (nSPS) is 18.7. The smallest absolute Gasteiger partial charge is 0.244 e. The zero-order chi connectivity index (χ0) is 17.3. The molecule has 2 aromatic carbocycles. The number of benzene rings is 2. The van der Waals surface area contributed by atoms with Crippen molar-refractivity contribution < 1.29 is 13.2 Å². The third-order valence-corrected chi connectivity index (χ3v) is 7.63. The molecule has 0 bridgehead atoms. The number of ether oxygens (including phenoxy) is 1. The molecule has 0 amide bonds. The monoisotopic (exact) mass is 427 g/mol. The van der Waals surface area contributed by atoms with Crippen molar-refractivity contribution in [1.29, 1.82) is 0 Å². The predicted molar refractivity (Wildman–Crippen MR) is 101 cm³/mol. The molecule has 24 heavy (non-hydrogen) atoms. The van der Waals surface area contributed by atoms with E-state index in [4.69, 9.17) is 4.74 Å². The van der Waals surface area contributed by atoms with Gasteiger partial charge in [-0.3, -0.25) is 0 Å². The highest BCUT2D eigenvalue weighted by atomic mass is 79.9. The van der Waals surface area contributed by atoms with Gasteiger partial charge in [0, 0.05) is 22.3 Å². The predicted octanol–water partition coefficient (Wildman–Crippen LogP) is 4.20. The lowest BCUT2D eigenvalue weighted by molar-refractivity contribution is 0.390. The van der Waals surface area contributed by atoms with E-state index in [0.717, 1.165) is 21.4 Å². The van der Waals surface area contributed by atoms with Crippen molar-refractivity contribution in [3.8, 4) is 5.75 Å². The fourth-order valence-corrected chi connectivity index (χ4v) is 6.49. The number of rotatable bonds is 4. The Labute approximate surface area is 155 Å². The summed E-state index contributed by atoms with van der Waals surface area (Å²) < 4.78 is 34.1. The highest BCUT2D eigenvalue weighted by molar-refractivity contribution is 9.10. The van der Waals surface area contributed by atoms with E-state index in [1.165, 1.54) is 0 Å². The molecule has 1 atom stereocenters. The minimum Gasteiger partial charge on any atom is -0.496 e. The molecule has 2 aromatic rings. The maximum absolute atomic E-state index is 13.1. The molecular formula is C17H18BrNO3S2. The first kappa shape index (κ1) is 17.8. The molecule has 1 aliphatic rings. The molecule has 3 rings (SSSR count). The quantitative estimate of drug-likeness (QED) is 0.733. The fraction of sp³-hybridized carbons (Fsp3) is 0.294. The Morgan fingerprint density at radius 1 is 1.25 bits per heavy atom. The molecular weight excluding hydrogens is 410 g/mol. The summed E-state index contributed by atoms with van der Waals surface area (Å²) in [5.74, 6) is 1.45. The highest BCUT2D eigenvalue weighted by Crippen LogP contribution is 2.45. The lowest BCUT2D eigenvalue weighted by Crippen LogP contribution is -2.30. The van der Waals surface area contributed by atoms with Crippen molar-refractivity contribution in [2.75, 3.05) is 19.4 Å². The van der Waals surface area contributed by atoms with Gasteiger partial charge in [-0.1, -0.05) is 28.1 Å². The van der Waals surface area contributed by atoms with E-state index in [9.17, 15) is 8.42 Å². The molecule has 7 heteroatoms. The maximum atomic E-state index is 13.1. The average Bonchev–Trinajstić information content (AvgIpc) is 3.05. The second-order valence-corrected chi connectivity index (χ2v) is 9.54. The standard InChI is InChI=1S/C17H18BrNO3S2/c1-12-4-3-5-14(10-12)24(20,21)19-8-9-23-17(19)15-11-13(18)6-7-16(15)22-2/h3-7,10-11,17H,8-9H2,1-2H3. The van der Waals surface area contributed by atoms with E-state index in [1.807, 2.05) is 31.2 Å². The topological polar surface area (TPSA) is 46.6 Å². The minimum absolute atomic E-state index is 0.289. The zero-order valence-electron chi connectivity index (χ0n) is 13.4. The number of hydrogen-bond acceptors (Lipinski definition) is 4. The maximum Gasteiger partial charge on any atom is 0.244 e. The summed E-state index contributed by atoms with van der Waals surface area (Å²) in [5, 5.41) is -0.289. The van der Waals surface area contributed by atoms with E-state index in [0.29, 0.717) is 17.2 Å². The molecule has 0 spiro atoms. The summed E-state index contributed by atoms with van der Waals surface area (Å²) in [7, 11) is -1.95. The first-order valence-electron chi connectivity index (χ1n) is 7.47. The SMILES string of the molecule is COc1ccc(Br)cc1C1SCCN1S(=O)(=O)c1cccc(C)c1. The summed E-state index contributed by atoms with van der Waals surface area (Å²) in [6, 6.07) is 12.7. The Bertz CT molecular complexity index is 855. The molecule has 1 heterocycles. The number of hydrogen-bond donors (Lipinski definition) is 0. The molecule has 1 saturated heterocycles. The van der Waals surface area contributed by atoms with Crippen LogP contribution in [0.5, 0.6) is 5.75 Å². The number of sulfonamides is 1. The van der Waals surface area contributed by atoms with Gasteiger partial charge >= 0.3 is 0 Å². The number of nitrogens with zero attached hydrogens (tertiary/aromatic N) is 1. The van der Waals surface area contributed by atoms with Crippen LogP contribution in [0.25, 0.3) is 0 Å². The third-order valence-electron chi connectivity index (χ3n) is 3.90. The molecule has 0 N–H and O–H groups in total. The Kier molecular flexibility index (Phi) is 5.24. The molecule has 0 radical (unpaired) electrons. The molecule has 128 valence electrons. The van der Waals surface area contributed by atoms with Crippen molar-refractivity contribution in [2.45, 2.75) is 17.2 Å². The zero-order valence-corrected chi connectivity index (χ0v) is 16.6. The van der Waals surface area contributed by atoms with E-state index in [1.54, 1.807) is 41.4 Å². The summed E-state index contributed by atoms with van der Waals surface area (Å²) in [6.45, 7) is 2.38. The van der Waals surface area contributed by atoms with Crippen LogP contribution in [0.2, 0.25) is 0 Å². The van der Waals surface area contributed by atoms with Gasteiger partial charge < -0.3 is 4.74 Å². The van der Waals surface area contributed by atoms with Crippen molar-refractivity contribution in [3.05, 3.63) is 58.1 Å². The van der Waals surface area contributed by atoms with Crippen LogP contribution >= 0.6 is 27.7 Å². The highest BCUT2D eigenvalue weighted by Gasteiger charge is 2.38. The van der Waals surface area contributed by atoms with Crippen LogP contribution in [0.15, 0.2) is 51.8 Å². The van der Waals surface area contributed by atoms with Crippen LogP contribution in [0.1, 0.15) is 16.5 Å². The van der Waals surface area contributed by atoms with Gasteiger partial charge in [-0.2, -0.15) is 4.31 Å². The Morgan fingerprint density at radius 3 is 2.75 bits per heavy atom. The number of halogens is 1. The van der Waals surface area contributed by atoms with Crippen LogP contribution in [0.3, 0.4) is 0 Å². The van der Waals surface area contributed by atoms with Gasteiger partial charge in [-0.25, -0.2) is 8.42 Å². The average molecular weight is 428 g/mol. The molecule has 0 saturated carbocycles. The molecule has 1 fully saturated rings. The summed E-state index contributed by atoms with van der Waals surface area (Å²) in [4.78, 5) is 0.337. The first-order valence-corrected chi connectivity index (χ1v) is 10.8. The van der Waals surface area contributed by atoms with Gasteiger partial charge in [-0.05, 0) is 42.8 Å². The van der Waals surface area contributed by atoms with E-state index in [2.05, 4.69) is 15.9 Å². The Morgan fingerprint density at radius 2 is 2.04 bits per heavy atom. The van der Waals surface area contributed by atoms with Crippen molar-refractivity contribution >= 4 is 37.7 Å². The van der Waals surface area contributed by atoms with E-state index >= 15 is 0 Å². The molecule has 0 aromatic heterocycles. The van der Waals surface area contributed by atoms with Gasteiger partial charge in [0.1, 0.15) is 5.75 Å². The number of aryl methyl sites for hydroxylation is 1. The lowest BCUT2D eigenvalue weighted by atomic mass is 10.2. The molecule has 0 aliphatic carbocycles. The second-order valence-electron chi connectivity index (χ2n) is 5.54. The van der Waals surface area contributed by atoms with Crippen LogP contribution < -0.4 is 4.74 Å². The van der Waals surface area contributed by atoms with Gasteiger partial charge in [0.25, 0.3) is 0 Å². The first-order chi connectivity index (χ1) is 11.4. The Balaban J connectivity index is 2.04. The van der Waals surface area contributed by atoms with Crippen molar-refractivity contribution in [2.24, 2.45) is 0 Å². The number of methoxy groups -OCH3 is 1.